The van der Waals surface area contributed by atoms with E-state index in [1.807, 2.05) is 0 Å². The SMILES string of the molecule is Br.Br.Nc1cnc2cc[nH]n2c1=O. The first-order valence-electron chi connectivity index (χ1n) is 3.09. The standard InChI is InChI=1S/C6H6N4O.2BrH/c7-4-3-8-5-1-2-9-10(5)6(4)11;;/h1-3,9H,7H2;2*1H. The summed E-state index contributed by atoms with van der Waals surface area (Å²) in [6, 6.07) is 1.70. The van der Waals surface area contributed by atoms with Gasteiger partial charge in [-0.2, -0.15) is 4.52 Å². The summed E-state index contributed by atoms with van der Waals surface area (Å²) in [7, 11) is 0. The number of hydrogen-bond acceptors (Lipinski definition) is 3. The zero-order valence-corrected chi connectivity index (χ0v) is 9.85. The number of nitrogens with two attached hydrogens (primary N) is 1. The van der Waals surface area contributed by atoms with Gasteiger partial charge in [0.2, 0.25) is 0 Å². The minimum Gasteiger partial charge on any atom is -0.393 e. The fourth-order valence-electron chi connectivity index (χ4n) is 0.910. The molecular formula is C6H8Br2N4O. The lowest BCUT2D eigenvalue weighted by atomic mass is 10.5. The molecule has 0 fully saturated rings. The molecule has 72 valence electrons. The zero-order valence-electron chi connectivity index (χ0n) is 6.43. The largest absolute Gasteiger partial charge is 0.393 e. The number of fused-ring (bicyclic) bond motifs is 1. The Labute approximate surface area is 94.5 Å². The maximum absolute atomic E-state index is 11.2. The number of nitrogen functional groups attached to an aromatic ring is 1. The van der Waals surface area contributed by atoms with E-state index in [-0.39, 0.29) is 45.2 Å². The topological polar surface area (TPSA) is 76.2 Å². The summed E-state index contributed by atoms with van der Waals surface area (Å²) >= 11 is 0. The molecule has 0 bridgehead atoms. The van der Waals surface area contributed by atoms with Gasteiger partial charge in [-0.05, 0) is 0 Å². The van der Waals surface area contributed by atoms with Gasteiger partial charge in [0.05, 0.1) is 6.20 Å². The molecule has 3 N–H and O–H groups in total. The van der Waals surface area contributed by atoms with Crippen LogP contribution in [0.5, 0.6) is 0 Å². The van der Waals surface area contributed by atoms with Gasteiger partial charge in [0.25, 0.3) is 5.56 Å². The second kappa shape index (κ2) is 4.43. The van der Waals surface area contributed by atoms with E-state index in [1.165, 1.54) is 10.7 Å². The van der Waals surface area contributed by atoms with E-state index in [2.05, 4.69) is 10.1 Å². The summed E-state index contributed by atoms with van der Waals surface area (Å²) in [6.07, 6.45) is 2.98. The van der Waals surface area contributed by atoms with Crippen LogP contribution in [0.3, 0.4) is 0 Å². The summed E-state index contributed by atoms with van der Waals surface area (Å²) in [6.45, 7) is 0. The van der Waals surface area contributed by atoms with Crippen molar-refractivity contribution in [3.63, 3.8) is 0 Å². The smallest absolute Gasteiger partial charge is 0.295 e. The minimum atomic E-state index is -0.264. The second-order valence-electron chi connectivity index (χ2n) is 2.17. The van der Waals surface area contributed by atoms with Gasteiger partial charge in [0.1, 0.15) is 5.69 Å². The predicted octanol–water partition coefficient (Wildman–Crippen LogP) is 0.761. The highest BCUT2D eigenvalue weighted by atomic mass is 79.9. The van der Waals surface area contributed by atoms with Crippen molar-refractivity contribution in [2.75, 3.05) is 5.73 Å². The third-order valence-corrected chi connectivity index (χ3v) is 1.45. The molecule has 0 aliphatic rings. The number of hydrogen-bond donors (Lipinski definition) is 2. The third-order valence-electron chi connectivity index (χ3n) is 1.45. The number of aromatic nitrogens is 3. The van der Waals surface area contributed by atoms with Crippen LogP contribution in [0.2, 0.25) is 0 Å². The van der Waals surface area contributed by atoms with E-state index in [9.17, 15) is 4.79 Å². The fourth-order valence-corrected chi connectivity index (χ4v) is 0.910. The van der Waals surface area contributed by atoms with Gasteiger partial charge in [-0.1, -0.05) is 0 Å². The molecule has 2 aromatic rings. The highest BCUT2D eigenvalue weighted by Gasteiger charge is 1.99. The first-order chi connectivity index (χ1) is 5.29. The summed E-state index contributed by atoms with van der Waals surface area (Å²) < 4.78 is 1.29. The molecular weight excluding hydrogens is 304 g/mol. The molecule has 0 aliphatic heterocycles. The van der Waals surface area contributed by atoms with Crippen LogP contribution in [0, 0.1) is 0 Å². The maximum atomic E-state index is 11.2. The Hall–Kier alpha value is -0.820. The number of rotatable bonds is 0. The van der Waals surface area contributed by atoms with E-state index in [0.29, 0.717) is 5.65 Å². The summed E-state index contributed by atoms with van der Waals surface area (Å²) in [5, 5.41) is 2.69. The van der Waals surface area contributed by atoms with E-state index in [1.54, 1.807) is 12.3 Å². The van der Waals surface area contributed by atoms with Crippen LogP contribution < -0.4 is 11.3 Å². The van der Waals surface area contributed by atoms with E-state index in [4.69, 9.17) is 5.73 Å². The Morgan fingerprint density at radius 2 is 2.15 bits per heavy atom. The molecule has 13 heavy (non-hydrogen) atoms. The van der Waals surface area contributed by atoms with Crippen LogP contribution in [0.4, 0.5) is 5.69 Å². The van der Waals surface area contributed by atoms with Gasteiger partial charge in [0.15, 0.2) is 5.65 Å². The second-order valence-corrected chi connectivity index (χ2v) is 2.17. The number of anilines is 1. The molecule has 0 saturated carbocycles. The molecule has 0 amide bonds. The highest BCUT2D eigenvalue weighted by molar-refractivity contribution is 8.93. The number of aromatic amines is 1. The highest BCUT2D eigenvalue weighted by Crippen LogP contribution is 1.94. The lowest BCUT2D eigenvalue weighted by molar-refractivity contribution is 0.903. The lowest BCUT2D eigenvalue weighted by Gasteiger charge is -1.92. The molecule has 0 unspecified atom stereocenters. The molecule has 2 heterocycles. The molecule has 0 atom stereocenters. The first kappa shape index (κ1) is 12.2. The first-order valence-corrected chi connectivity index (χ1v) is 3.09. The van der Waals surface area contributed by atoms with Crippen LogP contribution >= 0.6 is 34.0 Å². The van der Waals surface area contributed by atoms with E-state index in [0.717, 1.165) is 0 Å². The van der Waals surface area contributed by atoms with Gasteiger partial charge in [-0.15, -0.1) is 34.0 Å². The summed E-state index contributed by atoms with van der Waals surface area (Å²) in [4.78, 5) is 15.1. The molecule has 2 rings (SSSR count). The van der Waals surface area contributed by atoms with Crippen LogP contribution in [0.15, 0.2) is 23.3 Å². The Bertz CT molecular complexity index is 449. The van der Waals surface area contributed by atoms with Crippen molar-refractivity contribution in [3.8, 4) is 0 Å². The van der Waals surface area contributed by atoms with Crippen molar-refractivity contribution in [1.29, 1.82) is 0 Å². The Kier molecular flexibility index (Phi) is 4.15. The molecule has 5 nitrogen and oxygen atoms in total. The third kappa shape index (κ3) is 1.92. The fraction of sp³-hybridized carbons (Fsp3) is 0. The Morgan fingerprint density at radius 3 is 2.85 bits per heavy atom. The van der Waals surface area contributed by atoms with Gasteiger partial charge >= 0.3 is 0 Å². The number of nitrogens with zero attached hydrogens (tertiary/aromatic N) is 2. The van der Waals surface area contributed by atoms with Crippen molar-refractivity contribution < 1.29 is 0 Å². The Balaban J connectivity index is 0.000000720. The Morgan fingerprint density at radius 1 is 1.46 bits per heavy atom. The van der Waals surface area contributed by atoms with Crippen molar-refractivity contribution >= 4 is 45.3 Å². The number of nitrogens with one attached hydrogen (secondary N) is 1. The van der Waals surface area contributed by atoms with Gasteiger partial charge in [-0.3, -0.25) is 9.89 Å². The van der Waals surface area contributed by atoms with Gasteiger partial charge in [-0.25, -0.2) is 4.98 Å². The zero-order chi connectivity index (χ0) is 7.84. The molecule has 0 radical (unpaired) electrons. The normalized spacial score (nSPS) is 8.92. The predicted molar refractivity (Wildman–Crippen MR) is 60.9 cm³/mol. The van der Waals surface area contributed by atoms with Crippen LogP contribution in [0.25, 0.3) is 5.65 Å². The quantitative estimate of drug-likeness (QED) is 0.754. The van der Waals surface area contributed by atoms with Crippen molar-refractivity contribution in [3.05, 3.63) is 28.8 Å². The molecule has 0 saturated heterocycles. The van der Waals surface area contributed by atoms with E-state index >= 15 is 0 Å². The average molecular weight is 312 g/mol. The maximum Gasteiger partial charge on any atom is 0.295 e. The van der Waals surface area contributed by atoms with Crippen molar-refractivity contribution in [2.45, 2.75) is 0 Å². The molecule has 7 heteroatoms. The van der Waals surface area contributed by atoms with Crippen LogP contribution in [0.1, 0.15) is 0 Å². The molecule has 0 aromatic carbocycles. The minimum absolute atomic E-state index is 0. The van der Waals surface area contributed by atoms with Gasteiger partial charge in [0, 0.05) is 12.3 Å². The van der Waals surface area contributed by atoms with Gasteiger partial charge < -0.3 is 5.73 Å². The number of halogens is 2. The molecule has 0 spiro atoms. The number of H-pyrrole nitrogens is 1. The summed E-state index contributed by atoms with van der Waals surface area (Å²) in [5.41, 5.74) is 5.78. The van der Waals surface area contributed by atoms with Crippen molar-refractivity contribution in [1.82, 2.24) is 14.6 Å². The monoisotopic (exact) mass is 310 g/mol. The molecule has 2 aromatic heterocycles. The lowest BCUT2D eigenvalue weighted by Crippen LogP contribution is -2.18. The molecule has 0 aliphatic carbocycles. The average Bonchev–Trinajstić information content (AvgIpc) is 2.45. The van der Waals surface area contributed by atoms with Crippen molar-refractivity contribution in [2.24, 2.45) is 0 Å². The van der Waals surface area contributed by atoms with E-state index < -0.39 is 0 Å². The van der Waals surface area contributed by atoms with Crippen LogP contribution in [-0.2, 0) is 0 Å². The van der Waals surface area contributed by atoms with Crippen LogP contribution in [-0.4, -0.2) is 14.6 Å². The summed E-state index contributed by atoms with van der Waals surface area (Å²) in [5.74, 6) is 0.